The third kappa shape index (κ3) is 3.32. The molecule has 1 heterocycles. The number of rotatable bonds is 6. The minimum absolute atomic E-state index is 0.383. The van der Waals surface area contributed by atoms with E-state index in [9.17, 15) is 0 Å². The first-order chi connectivity index (χ1) is 9.26. The van der Waals surface area contributed by atoms with Gasteiger partial charge in [0, 0.05) is 11.4 Å². The van der Waals surface area contributed by atoms with Crippen molar-refractivity contribution in [2.75, 3.05) is 6.54 Å². The molecule has 0 aliphatic carbocycles. The zero-order chi connectivity index (χ0) is 13.7. The van der Waals surface area contributed by atoms with E-state index in [1.807, 2.05) is 0 Å². The zero-order valence-corrected chi connectivity index (χ0v) is 12.2. The number of pyridine rings is 1. The molecule has 0 radical (unpaired) electrons. The summed E-state index contributed by atoms with van der Waals surface area (Å²) in [6.07, 6.45) is 3.48. The van der Waals surface area contributed by atoms with Gasteiger partial charge in [-0.1, -0.05) is 38.5 Å². The molecule has 0 aliphatic heterocycles. The van der Waals surface area contributed by atoms with E-state index in [-0.39, 0.29) is 0 Å². The summed E-state index contributed by atoms with van der Waals surface area (Å²) >= 11 is 0. The third-order valence-corrected chi connectivity index (χ3v) is 3.52. The number of fused-ring (bicyclic) bond motifs is 1. The second-order valence-corrected chi connectivity index (χ2v) is 5.18. The van der Waals surface area contributed by atoms with Gasteiger partial charge in [-0.3, -0.25) is 4.98 Å². The van der Waals surface area contributed by atoms with E-state index in [0.29, 0.717) is 6.04 Å². The number of aryl methyl sites for hydroxylation is 1. The number of hydrogen-bond acceptors (Lipinski definition) is 2. The van der Waals surface area contributed by atoms with Gasteiger partial charge in [0.2, 0.25) is 0 Å². The van der Waals surface area contributed by atoms with Gasteiger partial charge < -0.3 is 5.32 Å². The largest absolute Gasteiger partial charge is 0.309 e. The van der Waals surface area contributed by atoms with Crippen molar-refractivity contribution in [3.05, 3.63) is 41.6 Å². The maximum atomic E-state index is 4.85. The van der Waals surface area contributed by atoms with Crippen LogP contribution in [0.25, 0.3) is 10.9 Å². The summed E-state index contributed by atoms with van der Waals surface area (Å²) in [7, 11) is 0. The number of aromatic nitrogens is 1. The number of hydrogen-bond donors (Lipinski definition) is 1. The molecule has 0 fully saturated rings. The molecule has 0 saturated heterocycles. The third-order valence-electron chi connectivity index (χ3n) is 3.52. The van der Waals surface area contributed by atoms with Gasteiger partial charge in [-0.15, -0.1) is 0 Å². The minimum Gasteiger partial charge on any atom is -0.309 e. The second-order valence-electron chi connectivity index (χ2n) is 5.18. The molecule has 19 heavy (non-hydrogen) atoms. The molecule has 2 nitrogen and oxygen atoms in total. The van der Waals surface area contributed by atoms with Gasteiger partial charge in [0.15, 0.2) is 0 Å². The number of para-hydroxylation sites is 1. The highest BCUT2D eigenvalue weighted by molar-refractivity contribution is 5.82. The minimum atomic E-state index is 0.383. The summed E-state index contributed by atoms with van der Waals surface area (Å²) in [5.41, 5.74) is 3.61. The first kappa shape index (κ1) is 14.0. The smallest absolute Gasteiger partial charge is 0.0708 e. The van der Waals surface area contributed by atoms with Gasteiger partial charge in [0.1, 0.15) is 0 Å². The number of nitrogens with zero attached hydrogens (tertiary/aromatic N) is 1. The molecule has 1 aromatic carbocycles. The molecule has 102 valence electrons. The van der Waals surface area contributed by atoms with Gasteiger partial charge >= 0.3 is 0 Å². The molecule has 1 unspecified atom stereocenters. The van der Waals surface area contributed by atoms with Crippen LogP contribution in [-0.4, -0.2) is 11.5 Å². The highest BCUT2D eigenvalue weighted by Crippen LogP contribution is 2.23. The van der Waals surface area contributed by atoms with Gasteiger partial charge in [0.25, 0.3) is 0 Å². The normalized spacial score (nSPS) is 12.8. The van der Waals surface area contributed by atoms with Crippen molar-refractivity contribution in [3.8, 4) is 0 Å². The Morgan fingerprint density at radius 3 is 2.68 bits per heavy atom. The standard InChI is InChI=1S/C17H24N2/c1-4-8-16(18-11-5-2)17-12-13(3)14-9-6-7-10-15(14)19-17/h6-7,9-10,12,16,18H,4-5,8,11H2,1-3H3. The fourth-order valence-corrected chi connectivity index (χ4v) is 2.52. The monoisotopic (exact) mass is 256 g/mol. The van der Waals surface area contributed by atoms with Crippen molar-refractivity contribution >= 4 is 10.9 Å². The highest BCUT2D eigenvalue weighted by atomic mass is 14.9. The van der Waals surface area contributed by atoms with Gasteiger partial charge in [-0.05, 0) is 44.0 Å². The predicted molar refractivity (Wildman–Crippen MR) is 82.4 cm³/mol. The van der Waals surface area contributed by atoms with Crippen LogP contribution in [-0.2, 0) is 0 Å². The Labute approximate surface area is 116 Å². The Hall–Kier alpha value is -1.41. The first-order valence-electron chi connectivity index (χ1n) is 7.36. The summed E-state index contributed by atoms with van der Waals surface area (Å²) in [6.45, 7) is 7.66. The summed E-state index contributed by atoms with van der Waals surface area (Å²) in [5.74, 6) is 0. The summed E-state index contributed by atoms with van der Waals surface area (Å²) in [4.78, 5) is 4.85. The van der Waals surface area contributed by atoms with Crippen LogP contribution >= 0.6 is 0 Å². The average Bonchev–Trinajstić information content (AvgIpc) is 2.43. The first-order valence-corrected chi connectivity index (χ1v) is 7.36. The predicted octanol–water partition coefficient (Wildman–Crippen LogP) is 4.38. The molecule has 0 bridgehead atoms. The van der Waals surface area contributed by atoms with Gasteiger partial charge in [0.05, 0.1) is 11.2 Å². The molecular formula is C17H24N2. The lowest BCUT2D eigenvalue weighted by Gasteiger charge is -2.18. The van der Waals surface area contributed by atoms with Crippen molar-refractivity contribution < 1.29 is 0 Å². The zero-order valence-electron chi connectivity index (χ0n) is 12.2. The van der Waals surface area contributed by atoms with E-state index in [1.165, 1.54) is 23.1 Å². The van der Waals surface area contributed by atoms with E-state index in [4.69, 9.17) is 4.98 Å². The fraction of sp³-hybridized carbons (Fsp3) is 0.471. The molecule has 1 N–H and O–H groups in total. The molecule has 1 aromatic heterocycles. The Morgan fingerprint density at radius 1 is 1.16 bits per heavy atom. The van der Waals surface area contributed by atoms with Crippen LogP contribution in [0.2, 0.25) is 0 Å². The van der Waals surface area contributed by atoms with E-state index in [0.717, 1.165) is 24.9 Å². The molecule has 1 atom stereocenters. The fourth-order valence-electron chi connectivity index (χ4n) is 2.52. The van der Waals surface area contributed by atoms with Crippen molar-refractivity contribution in [1.29, 1.82) is 0 Å². The molecule has 0 spiro atoms. The second kappa shape index (κ2) is 6.67. The van der Waals surface area contributed by atoms with Crippen molar-refractivity contribution in [2.24, 2.45) is 0 Å². The Bertz CT molecular complexity index is 534. The van der Waals surface area contributed by atoms with Crippen LogP contribution in [0.5, 0.6) is 0 Å². The maximum absolute atomic E-state index is 4.85. The van der Waals surface area contributed by atoms with Crippen LogP contribution in [0, 0.1) is 6.92 Å². The maximum Gasteiger partial charge on any atom is 0.0708 e. The molecule has 2 aromatic rings. The molecule has 0 aliphatic rings. The van der Waals surface area contributed by atoms with Crippen molar-refractivity contribution in [3.63, 3.8) is 0 Å². The van der Waals surface area contributed by atoms with E-state index in [2.05, 4.69) is 56.4 Å². The lowest BCUT2D eigenvalue weighted by atomic mass is 10.0. The number of benzene rings is 1. The molecule has 0 saturated carbocycles. The Morgan fingerprint density at radius 2 is 1.95 bits per heavy atom. The van der Waals surface area contributed by atoms with Gasteiger partial charge in [-0.2, -0.15) is 0 Å². The van der Waals surface area contributed by atoms with Crippen LogP contribution in [0.15, 0.2) is 30.3 Å². The summed E-state index contributed by atoms with van der Waals surface area (Å²) in [5, 5.41) is 4.88. The summed E-state index contributed by atoms with van der Waals surface area (Å²) in [6, 6.07) is 11.0. The number of nitrogens with one attached hydrogen (secondary N) is 1. The van der Waals surface area contributed by atoms with E-state index in [1.54, 1.807) is 0 Å². The molecule has 2 rings (SSSR count). The van der Waals surface area contributed by atoms with Gasteiger partial charge in [-0.25, -0.2) is 0 Å². The van der Waals surface area contributed by atoms with Crippen LogP contribution < -0.4 is 5.32 Å². The summed E-state index contributed by atoms with van der Waals surface area (Å²) < 4.78 is 0. The highest BCUT2D eigenvalue weighted by Gasteiger charge is 2.12. The molecular weight excluding hydrogens is 232 g/mol. The Kier molecular flexibility index (Phi) is 4.92. The molecule has 0 amide bonds. The van der Waals surface area contributed by atoms with Crippen molar-refractivity contribution in [1.82, 2.24) is 10.3 Å². The lowest BCUT2D eigenvalue weighted by molar-refractivity contribution is 0.485. The lowest BCUT2D eigenvalue weighted by Crippen LogP contribution is -2.23. The van der Waals surface area contributed by atoms with E-state index < -0.39 is 0 Å². The Balaban J connectivity index is 2.36. The topological polar surface area (TPSA) is 24.9 Å². The SMILES string of the molecule is CCCNC(CCC)c1cc(C)c2ccccc2n1. The molecule has 2 heteroatoms. The van der Waals surface area contributed by atoms with Crippen LogP contribution in [0.3, 0.4) is 0 Å². The quantitative estimate of drug-likeness (QED) is 0.829. The van der Waals surface area contributed by atoms with Crippen LogP contribution in [0.4, 0.5) is 0 Å². The van der Waals surface area contributed by atoms with Crippen LogP contribution in [0.1, 0.15) is 50.4 Å². The average molecular weight is 256 g/mol. The van der Waals surface area contributed by atoms with Crippen molar-refractivity contribution in [2.45, 2.75) is 46.1 Å². The van der Waals surface area contributed by atoms with E-state index >= 15 is 0 Å².